The Morgan fingerprint density at radius 2 is 1.26 bits per heavy atom. The number of unbranched alkanes of at least 4 members (excludes halogenated alkanes) is 4. The standard InChI is InChI=1S/C19H36O4/c1-6-9-12-13-16(4)19(5,17(20)22-14-10-7-2)18(21)23-15-11-8-3/h16H,6-15H2,1-5H3/t16-/m0/s1. The Balaban J connectivity index is 4.93. The summed E-state index contributed by atoms with van der Waals surface area (Å²) in [7, 11) is 0. The van der Waals surface area contributed by atoms with Crippen LogP contribution in [-0.2, 0) is 19.1 Å². The Bertz CT molecular complexity index is 316. The molecule has 0 aliphatic rings. The highest BCUT2D eigenvalue weighted by Gasteiger charge is 2.48. The summed E-state index contributed by atoms with van der Waals surface area (Å²) in [5, 5.41) is 0. The van der Waals surface area contributed by atoms with Crippen LogP contribution < -0.4 is 0 Å². The van der Waals surface area contributed by atoms with Gasteiger partial charge in [0.1, 0.15) is 0 Å². The van der Waals surface area contributed by atoms with Crippen molar-refractivity contribution in [3.05, 3.63) is 0 Å². The number of hydrogen-bond acceptors (Lipinski definition) is 4. The summed E-state index contributed by atoms with van der Waals surface area (Å²) >= 11 is 0. The maximum atomic E-state index is 12.6. The summed E-state index contributed by atoms with van der Waals surface area (Å²) in [6.07, 6.45) is 7.61. The van der Waals surface area contributed by atoms with Crippen LogP contribution >= 0.6 is 0 Å². The van der Waals surface area contributed by atoms with E-state index in [2.05, 4.69) is 6.92 Å². The van der Waals surface area contributed by atoms with Crippen molar-refractivity contribution in [2.24, 2.45) is 11.3 Å². The first-order valence-corrected chi connectivity index (χ1v) is 9.29. The van der Waals surface area contributed by atoms with Crippen molar-refractivity contribution in [3.8, 4) is 0 Å². The zero-order valence-corrected chi connectivity index (χ0v) is 15.8. The molecule has 0 unspecified atom stereocenters. The largest absolute Gasteiger partial charge is 0.465 e. The smallest absolute Gasteiger partial charge is 0.323 e. The van der Waals surface area contributed by atoms with Crippen LogP contribution in [0.2, 0.25) is 0 Å². The van der Waals surface area contributed by atoms with E-state index in [9.17, 15) is 9.59 Å². The number of carbonyl (C=O) groups is 2. The van der Waals surface area contributed by atoms with E-state index in [0.29, 0.717) is 13.2 Å². The Hall–Kier alpha value is -1.06. The van der Waals surface area contributed by atoms with Crippen LogP contribution in [0.5, 0.6) is 0 Å². The van der Waals surface area contributed by atoms with Gasteiger partial charge in [-0.2, -0.15) is 0 Å². The highest BCUT2D eigenvalue weighted by molar-refractivity contribution is 6.00. The molecule has 4 nitrogen and oxygen atoms in total. The number of ether oxygens (including phenoxy) is 2. The lowest BCUT2D eigenvalue weighted by atomic mass is 9.75. The lowest BCUT2D eigenvalue weighted by Gasteiger charge is -2.31. The predicted molar refractivity (Wildman–Crippen MR) is 93.1 cm³/mol. The van der Waals surface area contributed by atoms with Gasteiger partial charge in [-0.15, -0.1) is 0 Å². The molecule has 0 aromatic rings. The van der Waals surface area contributed by atoms with Gasteiger partial charge in [-0.25, -0.2) is 0 Å². The van der Waals surface area contributed by atoms with Crippen molar-refractivity contribution >= 4 is 11.9 Å². The van der Waals surface area contributed by atoms with Crippen LogP contribution in [0.25, 0.3) is 0 Å². The van der Waals surface area contributed by atoms with Gasteiger partial charge in [-0.1, -0.05) is 59.8 Å². The SMILES string of the molecule is CCCCC[C@H](C)C(C)(C(=O)OCCCC)C(=O)OCCCC. The van der Waals surface area contributed by atoms with Gasteiger partial charge in [0, 0.05) is 0 Å². The molecule has 4 heteroatoms. The molecule has 0 saturated carbocycles. The minimum Gasteiger partial charge on any atom is -0.465 e. The third-order valence-corrected chi connectivity index (χ3v) is 4.54. The summed E-state index contributed by atoms with van der Waals surface area (Å²) < 4.78 is 10.7. The molecule has 0 rings (SSSR count). The molecule has 0 heterocycles. The molecule has 23 heavy (non-hydrogen) atoms. The molecule has 0 bridgehead atoms. The summed E-state index contributed by atoms with van der Waals surface area (Å²) in [5.74, 6) is -0.954. The number of esters is 2. The minimum atomic E-state index is -1.20. The van der Waals surface area contributed by atoms with Gasteiger partial charge in [0.15, 0.2) is 5.41 Å². The summed E-state index contributed by atoms with van der Waals surface area (Å²) in [6.45, 7) is 10.6. The van der Waals surface area contributed by atoms with Crippen molar-refractivity contribution in [3.63, 3.8) is 0 Å². The Morgan fingerprint density at radius 3 is 1.65 bits per heavy atom. The van der Waals surface area contributed by atoms with Crippen LogP contribution in [0.15, 0.2) is 0 Å². The van der Waals surface area contributed by atoms with Crippen LogP contribution in [0.1, 0.15) is 86.0 Å². The predicted octanol–water partition coefficient (Wildman–Crippen LogP) is 4.90. The van der Waals surface area contributed by atoms with E-state index in [1.807, 2.05) is 20.8 Å². The van der Waals surface area contributed by atoms with E-state index in [1.165, 1.54) is 0 Å². The molecule has 136 valence electrons. The summed E-state index contributed by atoms with van der Waals surface area (Å²) in [6, 6.07) is 0. The van der Waals surface area contributed by atoms with Crippen LogP contribution in [0.4, 0.5) is 0 Å². The second kappa shape index (κ2) is 12.4. The third-order valence-electron chi connectivity index (χ3n) is 4.54. The maximum absolute atomic E-state index is 12.6. The second-order valence-electron chi connectivity index (χ2n) is 6.58. The second-order valence-corrected chi connectivity index (χ2v) is 6.58. The molecule has 0 radical (unpaired) electrons. The molecule has 0 N–H and O–H groups in total. The molecule has 0 spiro atoms. The van der Waals surface area contributed by atoms with Crippen LogP contribution in [0, 0.1) is 11.3 Å². The Kier molecular flexibility index (Phi) is 11.8. The maximum Gasteiger partial charge on any atom is 0.323 e. The first kappa shape index (κ1) is 21.9. The first-order valence-electron chi connectivity index (χ1n) is 9.29. The number of rotatable bonds is 13. The number of carbonyl (C=O) groups excluding carboxylic acids is 2. The summed E-state index contributed by atoms with van der Waals surface area (Å²) in [5.41, 5.74) is -1.20. The number of hydrogen-bond donors (Lipinski definition) is 0. The van der Waals surface area contributed by atoms with Gasteiger partial charge >= 0.3 is 11.9 Å². The fourth-order valence-electron chi connectivity index (χ4n) is 2.39. The normalized spacial score (nSPS) is 12.7. The fraction of sp³-hybridized carbons (Fsp3) is 0.895. The van der Waals surface area contributed by atoms with Crippen molar-refractivity contribution in [1.82, 2.24) is 0 Å². The summed E-state index contributed by atoms with van der Waals surface area (Å²) in [4.78, 5) is 25.1. The van der Waals surface area contributed by atoms with E-state index in [4.69, 9.17) is 9.47 Å². The average molecular weight is 328 g/mol. The third kappa shape index (κ3) is 7.36. The van der Waals surface area contributed by atoms with Crippen molar-refractivity contribution in [2.75, 3.05) is 13.2 Å². The van der Waals surface area contributed by atoms with Gasteiger partial charge in [-0.3, -0.25) is 9.59 Å². The molecule has 0 fully saturated rings. The molecule has 0 aromatic heterocycles. The van der Waals surface area contributed by atoms with E-state index in [1.54, 1.807) is 6.92 Å². The highest BCUT2D eigenvalue weighted by Crippen LogP contribution is 2.34. The molecule has 0 aromatic carbocycles. The lowest BCUT2D eigenvalue weighted by Crippen LogP contribution is -2.44. The topological polar surface area (TPSA) is 52.6 Å². The van der Waals surface area contributed by atoms with Crippen LogP contribution in [0.3, 0.4) is 0 Å². The van der Waals surface area contributed by atoms with Gasteiger partial charge in [0.2, 0.25) is 0 Å². The van der Waals surface area contributed by atoms with Gasteiger partial charge in [-0.05, 0) is 32.1 Å². The Morgan fingerprint density at radius 1 is 0.826 bits per heavy atom. The molecule has 1 atom stereocenters. The molecule has 0 amide bonds. The lowest BCUT2D eigenvalue weighted by molar-refractivity contribution is -0.175. The van der Waals surface area contributed by atoms with E-state index in [0.717, 1.165) is 51.4 Å². The molecule has 0 aliphatic heterocycles. The monoisotopic (exact) mass is 328 g/mol. The zero-order valence-electron chi connectivity index (χ0n) is 15.8. The van der Waals surface area contributed by atoms with Crippen molar-refractivity contribution < 1.29 is 19.1 Å². The first-order chi connectivity index (χ1) is 10.9. The molecule has 0 saturated heterocycles. The minimum absolute atomic E-state index is 0.0858. The molecular formula is C19H36O4. The van der Waals surface area contributed by atoms with Crippen molar-refractivity contribution in [2.45, 2.75) is 86.0 Å². The molecular weight excluding hydrogens is 292 g/mol. The van der Waals surface area contributed by atoms with Crippen LogP contribution in [-0.4, -0.2) is 25.2 Å². The van der Waals surface area contributed by atoms with Gasteiger partial charge < -0.3 is 9.47 Å². The fourth-order valence-corrected chi connectivity index (χ4v) is 2.39. The Labute approximate surface area is 142 Å². The van der Waals surface area contributed by atoms with Gasteiger partial charge in [0.25, 0.3) is 0 Å². The zero-order chi connectivity index (χ0) is 17.7. The van der Waals surface area contributed by atoms with Gasteiger partial charge in [0.05, 0.1) is 13.2 Å². The van der Waals surface area contributed by atoms with E-state index >= 15 is 0 Å². The van der Waals surface area contributed by atoms with Crippen molar-refractivity contribution in [1.29, 1.82) is 0 Å². The highest BCUT2D eigenvalue weighted by atomic mass is 16.6. The average Bonchev–Trinajstić information content (AvgIpc) is 2.54. The quantitative estimate of drug-likeness (QED) is 0.274. The van der Waals surface area contributed by atoms with E-state index in [-0.39, 0.29) is 5.92 Å². The molecule has 0 aliphatic carbocycles. The van der Waals surface area contributed by atoms with E-state index < -0.39 is 17.4 Å².